The Bertz CT molecular complexity index is 579. The average molecular weight is 326 g/mol. The van der Waals surface area contributed by atoms with E-state index >= 15 is 0 Å². The second kappa shape index (κ2) is 7.26. The van der Waals surface area contributed by atoms with Gasteiger partial charge in [-0.15, -0.1) is 11.8 Å². The van der Waals surface area contributed by atoms with Crippen molar-refractivity contribution in [1.29, 1.82) is 0 Å². The molecular formula is C14H15FN2O4S. The van der Waals surface area contributed by atoms with E-state index in [4.69, 9.17) is 5.11 Å². The monoisotopic (exact) mass is 326 g/mol. The summed E-state index contributed by atoms with van der Waals surface area (Å²) in [4.78, 5) is 35.8. The first-order valence-electron chi connectivity index (χ1n) is 6.58. The first-order valence-corrected chi connectivity index (χ1v) is 7.73. The zero-order valence-electron chi connectivity index (χ0n) is 11.6. The molecule has 1 aromatic carbocycles. The van der Waals surface area contributed by atoms with Gasteiger partial charge in [-0.25, -0.2) is 4.39 Å². The van der Waals surface area contributed by atoms with Crippen LogP contribution < -0.4 is 5.32 Å². The van der Waals surface area contributed by atoms with Gasteiger partial charge >= 0.3 is 5.97 Å². The average Bonchev–Trinajstić information content (AvgIpc) is 2.84. The lowest BCUT2D eigenvalue weighted by molar-refractivity contribution is -0.138. The van der Waals surface area contributed by atoms with E-state index in [9.17, 15) is 18.8 Å². The lowest BCUT2D eigenvalue weighted by Gasteiger charge is -2.20. The van der Waals surface area contributed by atoms with Crippen molar-refractivity contribution in [2.45, 2.75) is 12.5 Å². The Balaban J connectivity index is 2.02. The molecule has 22 heavy (non-hydrogen) atoms. The fraction of sp³-hybridized carbons (Fsp3) is 0.357. The number of hydrogen-bond donors (Lipinski definition) is 2. The van der Waals surface area contributed by atoms with Gasteiger partial charge in [0.05, 0.1) is 24.1 Å². The number of thioether (sulfide) groups is 1. The smallest absolute Gasteiger partial charge is 0.305 e. The molecular weight excluding hydrogens is 311 g/mol. The predicted molar refractivity (Wildman–Crippen MR) is 78.6 cm³/mol. The Hall–Kier alpha value is -2.09. The van der Waals surface area contributed by atoms with Crippen LogP contribution in [0.2, 0.25) is 0 Å². The fourth-order valence-corrected chi connectivity index (χ4v) is 2.98. The highest BCUT2D eigenvalue weighted by molar-refractivity contribution is 8.00. The van der Waals surface area contributed by atoms with Gasteiger partial charge in [0, 0.05) is 0 Å². The number of nitrogens with one attached hydrogen (secondary N) is 1. The van der Waals surface area contributed by atoms with Crippen LogP contribution in [0.5, 0.6) is 0 Å². The van der Waals surface area contributed by atoms with Crippen LogP contribution in [-0.2, 0) is 14.4 Å². The summed E-state index contributed by atoms with van der Waals surface area (Å²) in [5.41, 5.74) is 0.499. The molecule has 118 valence electrons. The SMILES string of the molecule is O=C(O)C[C@@H](NC(=O)CN1CSCC1=O)c1ccc(F)cc1. The van der Waals surface area contributed by atoms with Crippen molar-refractivity contribution in [3.8, 4) is 0 Å². The van der Waals surface area contributed by atoms with E-state index in [2.05, 4.69) is 5.32 Å². The van der Waals surface area contributed by atoms with E-state index < -0.39 is 23.7 Å². The minimum Gasteiger partial charge on any atom is -0.481 e. The maximum Gasteiger partial charge on any atom is 0.305 e. The van der Waals surface area contributed by atoms with Crippen molar-refractivity contribution in [2.24, 2.45) is 0 Å². The van der Waals surface area contributed by atoms with Gasteiger partial charge < -0.3 is 15.3 Å². The van der Waals surface area contributed by atoms with Crippen LogP contribution in [0.3, 0.4) is 0 Å². The third kappa shape index (κ3) is 4.45. The third-order valence-corrected chi connectivity index (χ3v) is 4.09. The number of carbonyl (C=O) groups excluding carboxylic acids is 2. The molecule has 1 fully saturated rings. The van der Waals surface area contributed by atoms with Gasteiger partial charge in [-0.3, -0.25) is 14.4 Å². The number of halogens is 1. The summed E-state index contributed by atoms with van der Waals surface area (Å²) in [6.45, 7) is -0.108. The van der Waals surface area contributed by atoms with Gasteiger partial charge in [-0.05, 0) is 17.7 Å². The first kappa shape index (κ1) is 16.3. The molecule has 2 amide bonds. The van der Waals surface area contributed by atoms with Gasteiger partial charge in [-0.1, -0.05) is 12.1 Å². The number of aliphatic carboxylic acids is 1. The number of hydrogen-bond acceptors (Lipinski definition) is 4. The Kier molecular flexibility index (Phi) is 5.37. The minimum absolute atomic E-state index is 0.108. The summed E-state index contributed by atoms with van der Waals surface area (Å²) in [5, 5.41) is 11.5. The van der Waals surface area contributed by atoms with Crippen molar-refractivity contribution in [1.82, 2.24) is 10.2 Å². The van der Waals surface area contributed by atoms with Gasteiger partial charge in [0.15, 0.2) is 0 Å². The summed E-state index contributed by atoms with van der Waals surface area (Å²) in [6.07, 6.45) is -0.319. The minimum atomic E-state index is -1.08. The third-order valence-electron chi connectivity index (χ3n) is 3.15. The first-order chi connectivity index (χ1) is 10.5. The van der Waals surface area contributed by atoms with Crippen LogP contribution in [0.25, 0.3) is 0 Å². The number of carbonyl (C=O) groups is 3. The Labute approximate surface area is 130 Å². The molecule has 2 N–H and O–H groups in total. The molecule has 1 aromatic rings. The molecule has 0 saturated carbocycles. The molecule has 1 heterocycles. The van der Waals surface area contributed by atoms with Gasteiger partial charge in [0.1, 0.15) is 12.4 Å². The normalized spacial score (nSPS) is 15.7. The highest BCUT2D eigenvalue weighted by atomic mass is 32.2. The van der Waals surface area contributed by atoms with E-state index in [1.165, 1.54) is 40.9 Å². The lowest BCUT2D eigenvalue weighted by atomic mass is 10.0. The van der Waals surface area contributed by atoms with E-state index in [0.29, 0.717) is 17.2 Å². The number of carboxylic acids is 1. The van der Waals surface area contributed by atoms with Gasteiger partial charge in [0.25, 0.3) is 0 Å². The molecule has 1 aliphatic heterocycles. The van der Waals surface area contributed by atoms with Crippen LogP contribution in [-0.4, -0.2) is 46.0 Å². The summed E-state index contributed by atoms with van der Waals surface area (Å²) in [5.74, 6) is -1.27. The molecule has 2 rings (SSSR count). The van der Waals surface area contributed by atoms with Crippen LogP contribution in [0.15, 0.2) is 24.3 Å². The lowest BCUT2D eigenvalue weighted by Crippen LogP contribution is -2.40. The Morgan fingerprint density at radius 2 is 2.05 bits per heavy atom. The zero-order valence-corrected chi connectivity index (χ0v) is 12.4. The second-order valence-corrected chi connectivity index (χ2v) is 5.79. The van der Waals surface area contributed by atoms with Crippen molar-refractivity contribution in [3.05, 3.63) is 35.6 Å². The molecule has 6 nitrogen and oxygen atoms in total. The zero-order chi connectivity index (χ0) is 16.1. The van der Waals surface area contributed by atoms with Gasteiger partial charge in [-0.2, -0.15) is 0 Å². The second-order valence-electron chi connectivity index (χ2n) is 4.84. The van der Waals surface area contributed by atoms with Crippen molar-refractivity contribution >= 4 is 29.5 Å². The van der Waals surface area contributed by atoms with E-state index in [0.717, 1.165) is 0 Å². The molecule has 0 aromatic heterocycles. The molecule has 1 aliphatic rings. The number of benzene rings is 1. The number of carboxylic acid groups (broad SMARTS) is 1. The summed E-state index contributed by atoms with van der Waals surface area (Å²) in [6, 6.07) is 4.50. The molecule has 8 heteroatoms. The van der Waals surface area contributed by atoms with E-state index in [1.807, 2.05) is 0 Å². The van der Waals surface area contributed by atoms with E-state index in [1.54, 1.807) is 0 Å². The maximum absolute atomic E-state index is 12.9. The number of nitrogens with zero attached hydrogens (tertiary/aromatic N) is 1. The van der Waals surface area contributed by atoms with Crippen LogP contribution >= 0.6 is 11.8 Å². The molecule has 0 unspecified atom stereocenters. The highest BCUT2D eigenvalue weighted by Crippen LogP contribution is 2.18. The van der Waals surface area contributed by atoms with Gasteiger partial charge in [0.2, 0.25) is 11.8 Å². The van der Waals surface area contributed by atoms with E-state index in [-0.39, 0.29) is 18.9 Å². The molecule has 0 bridgehead atoms. The van der Waals surface area contributed by atoms with Crippen molar-refractivity contribution in [2.75, 3.05) is 18.2 Å². The molecule has 0 aliphatic carbocycles. The molecule has 1 saturated heterocycles. The molecule has 0 radical (unpaired) electrons. The topological polar surface area (TPSA) is 86.7 Å². The predicted octanol–water partition coefficient (Wildman–Crippen LogP) is 0.991. The summed E-state index contributed by atoms with van der Waals surface area (Å²) < 4.78 is 12.9. The number of rotatable bonds is 6. The van der Waals surface area contributed by atoms with Crippen LogP contribution in [0, 0.1) is 5.82 Å². The van der Waals surface area contributed by atoms with Crippen molar-refractivity contribution in [3.63, 3.8) is 0 Å². The maximum atomic E-state index is 12.9. The summed E-state index contributed by atoms with van der Waals surface area (Å²) >= 11 is 1.42. The van der Waals surface area contributed by atoms with Crippen molar-refractivity contribution < 1.29 is 23.9 Å². The molecule has 1 atom stereocenters. The quantitative estimate of drug-likeness (QED) is 0.814. The Morgan fingerprint density at radius 3 is 2.59 bits per heavy atom. The largest absolute Gasteiger partial charge is 0.481 e. The highest BCUT2D eigenvalue weighted by Gasteiger charge is 2.25. The Morgan fingerprint density at radius 1 is 1.36 bits per heavy atom. The standard InChI is InChI=1S/C14H15FN2O4S/c15-10-3-1-9(2-4-10)11(5-14(20)21)16-12(18)6-17-8-22-7-13(17)19/h1-4,11H,5-8H2,(H,16,18)(H,20,21)/t11-/m1/s1. The van der Waals surface area contributed by atoms with Crippen LogP contribution in [0.1, 0.15) is 18.0 Å². The number of amides is 2. The van der Waals surface area contributed by atoms with Crippen LogP contribution in [0.4, 0.5) is 4.39 Å². The molecule has 0 spiro atoms. The summed E-state index contributed by atoms with van der Waals surface area (Å²) in [7, 11) is 0. The fourth-order valence-electron chi connectivity index (χ4n) is 2.08.